The number of ether oxygens (including phenoxy) is 1. The zero-order valence-corrected chi connectivity index (χ0v) is 13.8. The Balaban J connectivity index is 1.68. The predicted octanol–water partition coefficient (Wildman–Crippen LogP) is 3.25. The third-order valence-electron chi connectivity index (χ3n) is 3.34. The maximum atomic E-state index is 12.1. The van der Waals surface area contributed by atoms with Crippen LogP contribution in [-0.4, -0.2) is 15.9 Å². The first kappa shape index (κ1) is 16.7. The second kappa shape index (κ2) is 7.63. The SMILES string of the molecule is O=C(Nc1ccncc1)c1cc(=O)c(OCc2cccc(Cl)c2)c[nH]1. The summed E-state index contributed by atoms with van der Waals surface area (Å²) in [7, 11) is 0. The van der Waals surface area contributed by atoms with Crippen molar-refractivity contribution >= 4 is 23.2 Å². The zero-order valence-electron chi connectivity index (χ0n) is 13.0. The number of halogens is 1. The van der Waals surface area contributed by atoms with Crippen molar-refractivity contribution in [3.8, 4) is 5.75 Å². The van der Waals surface area contributed by atoms with Crippen molar-refractivity contribution in [2.45, 2.75) is 6.61 Å². The lowest BCUT2D eigenvalue weighted by atomic mass is 10.2. The highest BCUT2D eigenvalue weighted by Gasteiger charge is 2.10. The Labute approximate surface area is 148 Å². The highest BCUT2D eigenvalue weighted by molar-refractivity contribution is 6.30. The first-order valence-corrected chi connectivity index (χ1v) is 7.81. The molecule has 6 nitrogen and oxygen atoms in total. The van der Waals surface area contributed by atoms with Crippen LogP contribution in [0.3, 0.4) is 0 Å². The second-order valence-electron chi connectivity index (χ2n) is 5.18. The normalized spacial score (nSPS) is 10.3. The molecule has 25 heavy (non-hydrogen) atoms. The van der Waals surface area contributed by atoms with Gasteiger partial charge in [-0.3, -0.25) is 14.6 Å². The number of carbonyl (C=O) groups is 1. The zero-order chi connectivity index (χ0) is 17.6. The highest BCUT2D eigenvalue weighted by atomic mass is 35.5. The summed E-state index contributed by atoms with van der Waals surface area (Å²) >= 11 is 5.91. The van der Waals surface area contributed by atoms with Gasteiger partial charge in [0.05, 0.1) is 0 Å². The van der Waals surface area contributed by atoms with Gasteiger partial charge in [0.15, 0.2) is 5.75 Å². The lowest BCUT2D eigenvalue weighted by Crippen LogP contribution is -2.17. The number of anilines is 1. The number of rotatable bonds is 5. The van der Waals surface area contributed by atoms with Crippen LogP contribution in [0, 0.1) is 0 Å². The van der Waals surface area contributed by atoms with Crippen LogP contribution in [0.25, 0.3) is 0 Å². The maximum absolute atomic E-state index is 12.1. The fourth-order valence-corrected chi connectivity index (χ4v) is 2.34. The molecule has 2 aromatic heterocycles. The molecule has 0 aliphatic carbocycles. The van der Waals surface area contributed by atoms with Gasteiger partial charge in [-0.2, -0.15) is 0 Å². The predicted molar refractivity (Wildman–Crippen MR) is 95.0 cm³/mol. The van der Waals surface area contributed by atoms with Crippen LogP contribution in [0.1, 0.15) is 16.1 Å². The molecule has 0 saturated carbocycles. The van der Waals surface area contributed by atoms with Crippen LogP contribution in [0.5, 0.6) is 5.75 Å². The molecule has 0 bridgehead atoms. The highest BCUT2D eigenvalue weighted by Crippen LogP contribution is 2.13. The van der Waals surface area contributed by atoms with E-state index in [-0.39, 0.29) is 23.5 Å². The van der Waals surface area contributed by atoms with Gasteiger partial charge in [-0.25, -0.2) is 0 Å². The van der Waals surface area contributed by atoms with Gasteiger partial charge in [0, 0.05) is 35.4 Å². The van der Waals surface area contributed by atoms with Gasteiger partial charge < -0.3 is 15.0 Å². The second-order valence-corrected chi connectivity index (χ2v) is 5.62. The summed E-state index contributed by atoms with van der Waals surface area (Å²) in [6, 6.07) is 11.7. The minimum atomic E-state index is -0.426. The summed E-state index contributed by atoms with van der Waals surface area (Å²) in [5, 5.41) is 3.26. The molecule has 1 amide bonds. The van der Waals surface area contributed by atoms with Gasteiger partial charge in [-0.1, -0.05) is 23.7 Å². The van der Waals surface area contributed by atoms with Gasteiger partial charge in [0.25, 0.3) is 5.91 Å². The molecule has 0 aliphatic rings. The summed E-state index contributed by atoms with van der Waals surface area (Å²) in [6.07, 6.45) is 4.49. The molecular weight excluding hydrogens is 342 g/mol. The number of aromatic nitrogens is 2. The standard InChI is InChI=1S/C18H14ClN3O3/c19-13-3-1-2-12(8-13)11-25-17-10-21-15(9-16(17)23)18(24)22-14-4-6-20-7-5-14/h1-10H,11H2,(H,21,23)(H,20,22,24). The number of pyridine rings is 2. The molecule has 1 aromatic carbocycles. The molecule has 0 radical (unpaired) electrons. The first-order chi connectivity index (χ1) is 12.1. The third-order valence-corrected chi connectivity index (χ3v) is 3.58. The monoisotopic (exact) mass is 355 g/mol. The molecule has 0 spiro atoms. The fourth-order valence-electron chi connectivity index (χ4n) is 2.12. The summed E-state index contributed by atoms with van der Waals surface area (Å²) in [4.78, 5) is 30.9. The van der Waals surface area contributed by atoms with Crippen molar-refractivity contribution in [1.29, 1.82) is 0 Å². The fraction of sp³-hybridized carbons (Fsp3) is 0.0556. The van der Waals surface area contributed by atoms with Gasteiger partial charge >= 0.3 is 0 Å². The minimum Gasteiger partial charge on any atom is -0.483 e. The largest absolute Gasteiger partial charge is 0.483 e. The van der Waals surface area contributed by atoms with E-state index < -0.39 is 5.91 Å². The topological polar surface area (TPSA) is 84.1 Å². The van der Waals surface area contributed by atoms with Gasteiger partial charge in [0.2, 0.25) is 5.43 Å². The van der Waals surface area contributed by atoms with Gasteiger partial charge in [-0.05, 0) is 29.8 Å². The molecule has 3 rings (SSSR count). The third kappa shape index (κ3) is 4.45. The van der Waals surface area contributed by atoms with Crippen molar-refractivity contribution in [2.24, 2.45) is 0 Å². The number of aromatic amines is 1. The number of hydrogen-bond acceptors (Lipinski definition) is 4. The summed E-state index contributed by atoms with van der Waals surface area (Å²) in [5.74, 6) is -0.301. The van der Waals surface area contributed by atoms with Crippen LogP contribution in [0.15, 0.2) is 65.8 Å². The number of benzene rings is 1. The Bertz CT molecular complexity index is 942. The Morgan fingerprint density at radius 3 is 2.72 bits per heavy atom. The molecule has 0 saturated heterocycles. The molecule has 2 heterocycles. The van der Waals surface area contributed by atoms with Crippen LogP contribution in [-0.2, 0) is 6.61 Å². The summed E-state index contributed by atoms with van der Waals surface area (Å²) in [5.41, 5.74) is 1.17. The van der Waals surface area contributed by atoms with Crippen molar-refractivity contribution in [3.05, 3.63) is 87.6 Å². The molecular formula is C18H14ClN3O3. The van der Waals surface area contributed by atoms with Crippen molar-refractivity contribution in [2.75, 3.05) is 5.32 Å². The number of nitrogens with one attached hydrogen (secondary N) is 2. The quantitative estimate of drug-likeness (QED) is 0.735. The Morgan fingerprint density at radius 1 is 1.20 bits per heavy atom. The Morgan fingerprint density at radius 2 is 2.00 bits per heavy atom. The van der Waals surface area contributed by atoms with Gasteiger partial charge in [-0.15, -0.1) is 0 Å². The smallest absolute Gasteiger partial charge is 0.272 e. The van der Waals surface area contributed by atoms with Crippen LogP contribution < -0.4 is 15.5 Å². The molecule has 0 unspecified atom stereocenters. The number of H-pyrrole nitrogens is 1. The van der Waals surface area contributed by atoms with Crippen molar-refractivity contribution < 1.29 is 9.53 Å². The number of nitrogens with zero attached hydrogens (tertiary/aromatic N) is 1. The van der Waals surface area contributed by atoms with Crippen LogP contribution >= 0.6 is 11.6 Å². The van der Waals surface area contributed by atoms with E-state index >= 15 is 0 Å². The molecule has 0 aliphatic heterocycles. The molecule has 3 aromatic rings. The number of amides is 1. The van der Waals surface area contributed by atoms with Crippen LogP contribution in [0.2, 0.25) is 5.02 Å². The molecule has 126 valence electrons. The average molecular weight is 356 g/mol. The van der Waals surface area contributed by atoms with E-state index in [1.54, 1.807) is 42.7 Å². The maximum Gasteiger partial charge on any atom is 0.272 e. The molecule has 0 fully saturated rings. The van der Waals surface area contributed by atoms with E-state index in [1.807, 2.05) is 6.07 Å². The number of carbonyl (C=O) groups excluding carboxylic acids is 1. The van der Waals surface area contributed by atoms with Crippen LogP contribution in [0.4, 0.5) is 5.69 Å². The van der Waals surface area contributed by atoms with E-state index in [1.165, 1.54) is 12.3 Å². The summed E-state index contributed by atoms with van der Waals surface area (Å²) < 4.78 is 5.49. The Hall–Kier alpha value is -3.12. The van der Waals surface area contributed by atoms with E-state index in [9.17, 15) is 9.59 Å². The van der Waals surface area contributed by atoms with Gasteiger partial charge in [0.1, 0.15) is 12.3 Å². The van der Waals surface area contributed by atoms with Crippen molar-refractivity contribution in [3.63, 3.8) is 0 Å². The lowest BCUT2D eigenvalue weighted by molar-refractivity contribution is 0.102. The van der Waals surface area contributed by atoms with E-state index in [0.29, 0.717) is 10.7 Å². The average Bonchev–Trinajstić information content (AvgIpc) is 2.61. The molecule has 7 heteroatoms. The number of hydrogen-bond donors (Lipinski definition) is 2. The minimum absolute atomic E-state index is 0.125. The van der Waals surface area contributed by atoms with E-state index in [4.69, 9.17) is 16.3 Å². The molecule has 0 atom stereocenters. The summed E-state index contributed by atoms with van der Waals surface area (Å²) in [6.45, 7) is 0.201. The Kier molecular flexibility index (Phi) is 5.11. The first-order valence-electron chi connectivity index (χ1n) is 7.43. The molecule has 2 N–H and O–H groups in total. The van der Waals surface area contributed by atoms with E-state index in [2.05, 4.69) is 15.3 Å². The van der Waals surface area contributed by atoms with Crippen molar-refractivity contribution in [1.82, 2.24) is 9.97 Å². The lowest BCUT2D eigenvalue weighted by Gasteiger charge is -2.08. The van der Waals surface area contributed by atoms with E-state index in [0.717, 1.165) is 5.56 Å².